The van der Waals surface area contributed by atoms with Crippen molar-refractivity contribution in [2.45, 2.75) is 64.2 Å². The molecule has 2 heteroatoms. The Morgan fingerprint density at radius 1 is 1.21 bits per heavy atom. The first kappa shape index (κ1) is 14.1. The monoisotopic (exact) mass is 260 g/mol. The van der Waals surface area contributed by atoms with Gasteiger partial charge >= 0.3 is 5.97 Å². The Hall–Kier alpha value is -1.31. The van der Waals surface area contributed by atoms with Crippen molar-refractivity contribution in [3.8, 4) is 0 Å². The Kier molecular flexibility index (Phi) is 3.98. The fraction of sp³-hybridized carbons (Fsp3) is 0.588. The number of carbonyl (C=O) groups is 1. The molecule has 104 valence electrons. The fourth-order valence-corrected chi connectivity index (χ4v) is 3.27. The number of benzene rings is 1. The van der Waals surface area contributed by atoms with Gasteiger partial charge in [0.05, 0.1) is 5.41 Å². The number of rotatable bonds is 3. The van der Waals surface area contributed by atoms with Gasteiger partial charge in [0, 0.05) is 0 Å². The van der Waals surface area contributed by atoms with E-state index in [1.54, 1.807) is 0 Å². The molecule has 1 aliphatic rings. The lowest BCUT2D eigenvalue weighted by Gasteiger charge is -2.35. The van der Waals surface area contributed by atoms with E-state index in [9.17, 15) is 9.90 Å². The maximum Gasteiger partial charge on any atom is 0.314 e. The number of carboxylic acid groups (broad SMARTS) is 1. The second-order valence-electron chi connectivity index (χ2n) is 6.18. The van der Waals surface area contributed by atoms with E-state index >= 15 is 0 Å². The normalized spacial score (nSPS) is 18.5. The second kappa shape index (κ2) is 5.36. The highest BCUT2D eigenvalue weighted by molar-refractivity contribution is 5.82. The molecule has 19 heavy (non-hydrogen) atoms. The van der Waals surface area contributed by atoms with Gasteiger partial charge in [0.1, 0.15) is 0 Å². The zero-order chi connectivity index (χ0) is 14.0. The predicted octanol–water partition coefficient (Wildman–Crippen LogP) is 4.40. The molecule has 0 radical (unpaired) electrons. The fourth-order valence-electron chi connectivity index (χ4n) is 3.27. The van der Waals surface area contributed by atoms with Crippen LogP contribution in [0.5, 0.6) is 0 Å². The van der Waals surface area contributed by atoms with Crippen molar-refractivity contribution in [1.82, 2.24) is 0 Å². The van der Waals surface area contributed by atoms with Gasteiger partial charge in [0.15, 0.2) is 0 Å². The molecule has 2 rings (SSSR count). The van der Waals surface area contributed by atoms with Crippen molar-refractivity contribution in [3.05, 3.63) is 34.9 Å². The first-order chi connectivity index (χ1) is 8.97. The van der Waals surface area contributed by atoms with Gasteiger partial charge in [-0.15, -0.1) is 0 Å². The summed E-state index contributed by atoms with van der Waals surface area (Å²) in [7, 11) is 0. The van der Waals surface area contributed by atoms with Crippen LogP contribution in [-0.2, 0) is 10.2 Å². The van der Waals surface area contributed by atoms with Gasteiger partial charge in [-0.25, -0.2) is 0 Å². The highest BCUT2D eigenvalue weighted by Crippen LogP contribution is 2.41. The van der Waals surface area contributed by atoms with E-state index < -0.39 is 11.4 Å². The van der Waals surface area contributed by atoms with Gasteiger partial charge in [-0.2, -0.15) is 0 Å². The summed E-state index contributed by atoms with van der Waals surface area (Å²) in [5.41, 5.74) is 2.76. The Balaban J connectivity index is 2.52. The van der Waals surface area contributed by atoms with Crippen LogP contribution in [0.3, 0.4) is 0 Å². The van der Waals surface area contributed by atoms with Gasteiger partial charge in [0.2, 0.25) is 0 Å². The van der Waals surface area contributed by atoms with E-state index in [-0.39, 0.29) is 0 Å². The lowest BCUT2D eigenvalue weighted by atomic mass is 9.67. The van der Waals surface area contributed by atoms with Crippen LogP contribution in [0.15, 0.2) is 18.2 Å². The molecule has 0 saturated heterocycles. The minimum atomic E-state index is -0.646. The molecule has 1 saturated carbocycles. The van der Waals surface area contributed by atoms with Crippen molar-refractivity contribution < 1.29 is 9.90 Å². The summed E-state index contributed by atoms with van der Waals surface area (Å²) in [6.07, 6.45) is 4.78. The number of hydrogen-bond acceptors (Lipinski definition) is 1. The largest absolute Gasteiger partial charge is 0.481 e. The van der Waals surface area contributed by atoms with Gasteiger partial charge in [-0.1, -0.05) is 51.3 Å². The average molecular weight is 260 g/mol. The quantitative estimate of drug-likeness (QED) is 0.874. The van der Waals surface area contributed by atoms with Crippen molar-refractivity contribution in [2.24, 2.45) is 0 Å². The molecule has 0 aliphatic heterocycles. The minimum absolute atomic E-state index is 0.439. The zero-order valence-corrected chi connectivity index (χ0v) is 12.2. The van der Waals surface area contributed by atoms with E-state index in [0.29, 0.717) is 5.92 Å². The van der Waals surface area contributed by atoms with Crippen LogP contribution in [0.1, 0.15) is 68.6 Å². The summed E-state index contributed by atoms with van der Waals surface area (Å²) in [6, 6.07) is 6.35. The van der Waals surface area contributed by atoms with Crippen molar-refractivity contribution >= 4 is 5.97 Å². The number of aliphatic carboxylic acids is 1. The maximum absolute atomic E-state index is 11.9. The number of hydrogen-bond donors (Lipinski definition) is 1. The molecule has 1 N–H and O–H groups in total. The average Bonchev–Trinajstić information content (AvgIpc) is 2.39. The Labute approximate surface area is 115 Å². The number of aryl methyl sites for hydroxylation is 1. The third kappa shape index (κ3) is 2.54. The molecule has 0 atom stereocenters. The third-order valence-corrected chi connectivity index (χ3v) is 4.56. The SMILES string of the molecule is Cc1ccc(C(C)C)cc1C1(C(=O)O)CCCCC1. The minimum Gasteiger partial charge on any atom is -0.481 e. The molecule has 1 fully saturated rings. The molecule has 0 unspecified atom stereocenters. The summed E-state index contributed by atoms with van der Waals surface area (Å²) in [4.78, 5) is 11.9. The van der Waals surface area contributed by atoms with Gasteiger partial charge in [-0.3, -0.25) is 4.79 Å². The van der Waals surface area contributed by atoms with Gasteiger partial charge in [-0.05, 0) is 42.4 Å². The Morgan fingerprint density at radius 2 is 1.84 bits per heavy atom. The molecule has 0 bridgehead atoms. The summed E-state index contributed by atoms with van der Waals surface area (Å²) in [6.45, 7) is 6.35. The lowest BCUT2D eigenvalue weighted by molar-refractivity contribution is -0.145. The Morgan fingerprint density at radius 3 is 2.37 bits per heavy atom. The zero-order valence-electron chi connectivity index (χ0n) is 12.2. The van der Waals surface area contributed by atoms with Crippen LogP contribution in [0.25, 0.3) is 0 Å². The van der Waals surface area contributed by atoms with E-state index in [1.165, 1.54) is 5.56 Å². The van der Waals surface area contributed by atoms with E-state index in [2.05, 4.69) is 32.0 Å². The summed E-state index contributed by atoms with van der Waals surface area (Å²) >= 11 is 0. The molecule has 0 heterocycles. The topological polar surface area (TPSA) is 37.3 Å². The molecular formula is C17H24O2. The van der Waals surface area contributed by atoms with Crippen LogP contribution in [0.2, 0.25) is 0 Å². The summed E-state index contributed by atoms with van der Waals surface area (Å²) < 4.78 is 0. The van der Waals surface area contributed by atoms with Crippen LogP contribution < -0.4 is 0 Å². The highest BCUT2D eigenvalue weighted by atomic mass is 16.4. The van der Waals surface area contributed by atoms with E-state index in [1.807, 2.05) is 6.92 Å². The molecule has 0 amide bonds. The smallest absolute Gasteiger partial charge is 0.314 e. The van der Waals surface area contributed by atoms with Crippen LogP contribution >= 0.6 is 0 Å². The maximum atomic E-state index is 11.9. The van der Waals surface area contributed by atoms with E-state index in [0.717, 1.165) is 43.2 Å². The standard InChI is InChI=1S/C17H24O2/c1-12(2)14-8-7-13(3)15(11-14)17(16(18)19)9-5-4-6-10-17/h7-8,11-12H,4-6,9-10H2,1-3H3,(H,18,19). The predicted molar refractivity (Wildman–Crippen MR) is 77.7 cm³/mol. The summed E-state index contributed by atoms with van der Waals surface area (Å²) in [5.74, 6) is -0.204. The molecule has 1 aliphatic carbocycles. The van der Waals surface area contributed by atoms with E-state index in [4.69, 9.17) is 0 Å². The van der Waals surface area contributed by atoms with Crippen LogP contribution in [0, 0.1) is 6.92 Å². The van der Waals surface area contributed by atoms with Crippen molar-refractivity contribution in [2.75, 3.05) is 0 Å². The second-order valence-corrected chi connectivity index (χ2v) is 6.18. The third-order valence-electron chi connectivity index (χ3n) is 4.56. The van der Waals surface area contributed by atoms with Gasteiger partial charge in [0.25, 0.3) is 0 Å². The van der Waals surface area contributed by atoms with Crippen LogP contribution in [-0.4, -0.2) is 11.1 Å². The van der Waals surface area contributed by atoms with Crippen molar-refractivity contribution in [1.29, 1.82) is 0 Å². The first-order valence-corrected chi connectivity index (χ1v) is 7.32. The first-order valence-electron chi connectivity index (χ1n) is 7.32. The summed E-state index contributed by atoms with van der Waals surface area (Å²) in [5, 5.41) is 9.80. The molecule has 0 aromatic heterocycles. The molecule has 0 spiro atoms. The molecule has 1 aromatic rings. The lowest BCUT2D eigenvalue weighted by Crippen LogP contribution is -2.38. The van der Waals surface area contributed by atoms with Gasteiger partial charge < -0.3 is 5.11 Å². The highest BCUT2D eigenvalue weighted by Gasteiger charge is 2.42. The molecule has 1 aromatic carbocycles. The molecular weight excluding hydrogens is 236 g/mol. The number of carboxylic acids is 1. The Bertz CT molecular complexity index is 468. The van der Waals surface area contributed by atoms with Crippen molar-refractivity contribution in [3.63, 3.8) is 0 Å². The molecule has 2 nitrogen and oxygen atoms in total. The van der Waals surface area contributed by atoms with Crippen LogP contribution in [0.4, 0.5) is 0 Å².